The molecule has 5 nitrogen and oxygen atoms in total. The highest BCUT2D eigenvalue weighted by Gasteiger charge is 2.35. The molecule has 0 saturated carbocycles. The highest BCUT2D eigenvalue weighted by atomic mass is 32.3. The number of hydrogen-bond donors (Lipinski definition) is 0. The number of nitrogens with zero attached hydrogens (tertiary/aromatic N) is 1. The first-order valence-electron chi connectivity index (χ1n) is 4.67. The maximum atomic E-state index is 12.8. The summed E-state index contributed by atoms with van der Waals surface area (Å²) in [5.74, 6) is 0. The highest BCUT2D eigenvalue weighted by Crippen LogP contribution is 2.56. The first-order valence-corrected chi connectivity index (χ1v) is 5.96. The average Bonchev–Trinajstić information content (AvgIpc) is 2.28. The van der Waals surface area contributed by atoms with Gasteiger partial charge >= 0.3 is 0 Å². The molecule has 9 heteroatoms. The zero-order valence-corrected chi connectivity index (χ0v) is 11.0. The summed E-state index contributed by atoms with van der Waals surface area (Å²) in [6.07, 6.45) is -1.89. The van der Waals surface area contributed by atoms with Crippen LogP contribution in [-0.2, 0) is 18.9 Å². The van der Waals surface area contributed by atoms with Crippen LogP contribution < -0.4 is 0 Å². The molecular weight excluding hydrogens is 263 g/mol. The Hall–Kier alpha value is -0.0600. The molecule has 0 atom stereocenters. The van der Waals surface area contributed by atoms with Crippen LogP contribution in [0.3, 0.4) is 0 Å². The topological polar surface area (TPSA) is 40.2 Å². The van der Waals surface area contributed by atoms with Crippen LogP contribution in [0.4, 0.5) is 11.7 Å². The fraction of sp³-hybridized carbons (Fsp3) is 1.00. The minimum atomic E-state index is -5.38. The first kappa shape index (κ1) is 16.9. The van der Waals surface area contributed by atoms with Gasteiger partial charge in [-0.3, -0.25) is 0 Å². The lowest BCUT2D eigenvalue weighted by molar-refractivity contribution is -0.131. The van der Waals surface area contributed by atoms with Crippen molar-refractivity contribution < 1.29 is 30.6 Å². The molecule has 0 fully saturated rings. The van der Waals surface area contributed by atoms with Crippen LogP contribution in [0.1, 0.15) is 0 Å². The van der Waals surface area contributed by atoms with E-state index in [-0.39, 0.29) is 0 Å². The van der Waals surface area contributed by atoms with Crippen molar-refractivity contribution in [2.45, 2.75) is 12.6 Å². The molecule has 0 radical (unpaired) electrons. The van der Waals surface area contributed by atoms with E-state index in [1.54, 1.807) is 0 Å². The van der Waals surface area contributed by atoms with Gasteiger partial charge in [0, 0.05) is 28.4 Å². The van der Waals surface area contributed by atoms with E-state index < -0.39 is 37.0 Å². The summed E-state index contributed by atoms with van der Waals surface area (Å²) in [6, 6.07) is 0. The highest BCUT2D eigenvalue weighted by molar-refractivity contribution is 8.18. The van der Waals surface area contributed by atoms with E-state index in [4.69, 9.17) is 18.9 Å². The molecule has 0 aliphatic heterocycles. The number of halogens is 3. The van der Waals surface area contributed by atoms with Crippen LogP contribution in [0.5, 0.6) is 0 Å². The molecule has 0 N–H and O–H groups in total. The fourth-order valence-electron chi connectivity index (χ4n) is 1.07. The van der Waals surface area contributed by atoms with Gasteiger partial charge in [-0.2, -0.15) is 4.31 Å². The van der Waals surface area contributed by atoms with Crippen molar-refractivity contribution in [1.82, 2.24) is 4.31 Å². The Balaban J connectivity index is 4.54. The van der Waals surface area contributed by atoms with E-state index in [2.05, 4.69) is 0 Å². The van der Waals surface area contributed by atoms with E-state index in [1.807, 2.05) is 0 Å². The van der Waals surface area contributed by atoms with Crippen LogP contribution in [0.25, 0.3) is 0 Å². The van der Waals surface area contributed by atoms with Crippen LogP contribution in [-0.4, -0.2) is 58.4 Å². The van der Waals surface area contributed by atoms with Crippen molar-refractivity contribution in [3.05, 3.63) is 0 Å². The van der Waals surface area contributed by atoms with Gasteiger partial charge < -0.3 is 18.9 Å². The van der Waals surface area contributed by atoms with Crippen LogP contribution in [0, 0.1) is 0 Å². The second kappa shape index (κ2) is 8.11. The van der Waals surface area contributed by atoms with E-state index in [1.165, 1.54) is 28.4 Å². The van der Waals surface area contributed by atoms with Gasteiger partial charge in [0.2, 0.25) is 0 Å². The van der Waals surface area contributed by atoms with Crippen molar-refractivity contribution in [3.8, 4) is 0 Å². The Morgan fingerprint density at radius 2 is 1.12 bits per heavy atom. The molecule has 106 valence electrons. The molecule has 0 amide bonds. The third-order valence-corrected chi connectivity index (χ3v) is 2.93. The van der Waals surface area contributed by atoms with Crippen molar-refractivity contribution in [1.29, 1.82) is 0 Å². The third-order valence-electron chi connectivity index (χ3n) is 2.05. The van der Waals surface area contributed by atoms with E-state index >= 15 is 0 Å². The molecule has 0 aliphatic carbocycles. The van der Waals surface area contributed by atoms with Gasteiger partial charge in [-0.25, -0.2) is 0 Å². The minimum absolute atomic E-state index is 0.294. The summed E-state index contributed by atoms with van der Waals surface area (Å²) in [6.45, 7) is -0.843. The average molecular weight is 281 g/mol. The minimum Gasteiger partial charge on any atom is -0.354 e. The Morgan fingerprint density at radius 1 is 0.824 bits per heavy atom. The second-order valence-corrected chi connectivity index (χ2v) is 4.31. The third kappa shape index (κ3) is 6.43. The molecule has 0 aromatic carbocycles. The van der Waals surface area contributed by atoms with Crippen LogP contribution in [0.15, 0.2) is 0 Å². The van der Waals surface area contributed by atoms with Gasteiger partial charge in [0.25, 0.3) is 11.4 Å². The molecule has 0 aliphatic rings. The lowest BCUT2D eigenvalue weighted by Gasteiger charge is -2.31. The van der Waals surface area contributed by atoms with Gasteiger partial charge in [0.15, 0.2) is 12.6 Å². The Morgan fingerprint density at radius 3 is 1.29 bits per heavy atom. The summed E-state index contributed by atoms with van der Waals surface area (Å²) in [7, 11) is 5.12. The molecule has 0 aromatic heterocycles. The monoisotopic (exact) mass is 281 g/mol. The number of ether oxygens (including phenoxy) is 4. The summed E-state index contributed by atoms with van der Waals surface area (Å²) >= 11 is -5.38. The smallest absolute Gasteiger partial charge is 0.278 e. The molecular formula is C8H18F3NO4S. The van der Waals surface area contributed by atoms with E-state index in [0.29, 0.717) is 4.31 Å². The van der Waals surface area contributed by atoms with Gasteiger partial charge in [-0.15, -0.1) is 11.7 Å². The summed E-state index contributed by atoms with van der Waals surface area (Å²) in [4.78, 5) is 0. The normalized spacial score (nSPS) is 14.0. The van der Waals surface area contributed by atoms with E-state index in [0.717, 1.165) is 0 Å². The molecule has 17 heavy (non-hydrogen) atoms. The first-order chi connectivity index (χ1) is 7.88. The van der Waals surface area contributed by atoms with Gasteiger partial charge in [0.1, 0.15) is 0 Å². The van der Waals surface area contributed by atoms with Gasteiger partial charge in [-0.05, 0) is 0 Å². The summed E-state index contributed by atoms with van der Waals surface area (Å²) in [5, 5.41) is 0. The maximum Gasteiger partial charge on any atom is 0.278 e. The predicted molar refractivity (Wildman–Crippen MR) is 58.1 cm³/mol. The SMILES string of the molecule is COC(CN(CC(OC)OC)S(F)(F)F)OC. The van der Waals surface area contributed by atoms with Crippen LogP contribution >= 0.6 is 11.4 Å². The van der Waals surface area contributed by atoms with E-state index in [9.17, 15) is 11.7 Å². The Kier molecular flexibility index (Phi) is 8.09. The maximum absolute atomic E-state index is 12.8. The molecule has 0 aromatic rings. The molecule has 0 saturated heterocycles. The number of methoxy groups -OCH3 is 4. The summed E-state index contributed by atoms with van der Waals surface area (Å²) in [5.41, 5.74) is 0. The van der Waals surface area contributed by atoms with Crippen molar-refractivity contribution >= 4 is 11.4 Å². The van der Waals surface area contributed by atoms with Crippen molar-refractivity contribution in [2.75, 3.05) is 41.5 Å². The predicted octanol–water partition coefficient (Wildman–Crippen LogP) is 1.90. The number of rotatable bonds is 9. The molecule has 0 spiro atoms. The standard InChI is InChI=1S/C8H18F3NO4S/c1-13-7(14-2)5-12(17(9,10)11)6-8(15-3)16-4/h7-8H,5-6H2,1-4H3. The molecule has 0 rings (SSSR count). The largest absolute Gasteiger partial charge is 0.354 e. The lowest BCUT2D eigenvalue weighted by Crippen LogP contribution is -2.39. The molecule has 0 unspecified atom stereocenters. The van der Waals surface area contributed by atoms with Crippen LogP contribution in [0.2, 0.25) is 0 Å². The molecule has 0 bridgehead atoms. The lowest BCUT2D eigenvalue weighted by atomic mass is 10.5. The Labute approximate surface area is 101 Å². The second-order valence-electron chi connectivity index (χ2n) is 3.03. The zero-order chi connectivity index (χ0) is 13.5. The Bertz CT molecular complexity index is 186. The van der Waals surface area contributed by atoms with Gasteiger partial charge in [0.05, 0.1) is 13.1 Å². The summed E-state index contributed by atoms with van der Waals surface area (Å²) < 4.78 is 57.6. The fourth-order valence-corrected chi connectivity index (χ4v) is 1.65. The van der Waals surface area contributed by atoms with Gasteiger partial charge in [-0.1, -0.05) is 0 Å². The van der Waals surface area contributed by atoms with Crippen molar-refractivity contribution in [3.63, 3.8) is 0 Å². The zero-order valence-electron chi connectivity index (χ0n) is 10.2. The molecule has 0 heterocycles. The van der Waals surface area contributed by atoms with Crippen molar-refractivity contribution in [2.24, 2.45) is 0 Å². The number of hydrogen-bond acceptors (Lipinski definition) is 5. The quantitative estimate of drug-likeness (QED) is 0.604.